The number of rotatable bonds is 3. The van der Waals surface area contributed by atoms with Crippen LogP contribution in [-0.2, 0) is 10.0 Å². The summed E-state index contributed by atoms with van der Waals surface area (Å²) >= 11 is 0. The highest BCUT2D eigenvalue weighted by atomic mass is 32.2. The number of nitrogen functional groups attached to an aromatic ring is 1. The highest BCUT2D eigenvalue weighted by Crippen LogP contribution is 2.30. The summed E-state index contributed by atoms with van der Waals surface area (Å²) in [6.07, 6.45) is 4.34. The molecule has 0 heterocycles. The van der Waals surface area contributed by atoms with Crippen LogP contribution in [0.5, 0.6) is 0 Å². The minimum absolute atomic E-state index is 0.0974. The molecule has 1 fully saturated rings. The number of nitrogens with two attached hydrogens (primary N) is 1. The Morgan fingerprint density at radius 1 is 1.26 bits per heavy atom. The molecule has 19 heavy (non-hydrogen) atoms. The van der Waals surface area contributed by atoms with Gasteiger partial charge in [-0.3, -0.25) is 0 Å². The van der Waals surface area contributed by atoms with E-state index in [4.69, 9.17) is 5.73 Å². The van der Waals surface area contributed by atoms with Gasteiger partial charge in [-0.2, -0.15) is 4.31 Å². The molecule has 2 unspecified atom stereocenters. The van der Waals surface area contributed by atoms with Gasteiger partial charge in [0.05, 0.1) is 4.90 Å². The van der Waals surface area contributed by atoms with Gasteiger partial charge in [0.15, 0.2) is 0 Å². The second-order valence-electron chi connectivity index (χ2n) is 5.42. The van der Waals surface area contributed by atoms with Crippen molar-refractivity contribution in [2.24, 2.45) is 5.92 Å². The van der Waals surface area contributed by atoms with Crippen LogP contribution in [-0.4, -0.2) is 25.8 Å². The molecule has 0 aliphatic heterocycles. The Bertz CT molecular complexity index is 542. The molecule has 0 radical (unpaired) electrons. The van der Waals surface area contributed by atoms with Gasteiger partial charge in [0.1, 0.15) is 0 Å². The van der Waals surface area contributed by atoms with Crippen molar-refractivity contribution in [3.8, 4) is 0 Å². The van der Waals surface area contributed by atoms with E-state index in [0.717, 1.165) is 19.3 Å². The molecule has 0 bridgehead atoms. The zero-order chi connectivity index (χ0) is 14.0. The predicted molar refractivity (Wildman–Crippen MR) is 77.2 cm³/mol. The molecule has 1 aliphatic carbocycles. The molecule has 1 saturated carbocycles. The molecule has 4 nitrogen and oxygen atoms in total. The third kappa shape index (κ3) is 2.92. The number of benzene rings is 1. The second kappa shape index (κ2) is 5.51. The predicted octanol–water partition coefficient (Wildman–Crippen LogP) is 2.47. The lowest BCUT2D eigenvalue weighted by Gasteiger charge is -2.35. The van der Waals surface area contributed by atoms with Crippen LogP contribution in [0.15, 0.2) is 29.2 Å². The zero-order valence-electron chi connectivity index (χ0n) is 11.5. The van der Waals surface area contributed by atoms with Crippen molar-refractivity contribution in [1.29, 1.82) is 0 Å². The van der Waals surface area contributed by atoms with Crippen LogP contribution in [0.3, 0.4) is 0 Å². The second-order valence-corrected chi connectivity index (χ2v) is 7.42. The molecular formula is C14H22N2O2S. The number of sulfonamides is 1. The zero-order valence-corrected chi connectivity index (χ0v) is 12.4. The normalized spacial score (nSPS) is 24.6. The third-order valence-electron chi connectivity index (χ3n) is 4.07. The van der Waals surface area contributed by atoms with Crippen LogP contribution in [0.4, 0.5) is 5.69 Å². The fourth-order valence-electron chi connectivity index (χ4n) is 2.86. The number of anilines is 1. The van der Waals surface area contributed by atoms with Crippen LogP contribution in [0.25, 0.3) is 0 Å². The lowest BCUT2D eigenvalue weighted by atomic mass is 9.86. The molecule has 2 N–H and O–H groups in total. The standard InChI is InChI=1S/C14H22N2O2S/c1-11-6-3-4-9-14(11)16(2)19(17,18)13-8-5-7-12(15)10-13/h5,7-8,10-11,14H,3-4,6,9,15H2,1-2H3. The summed E-state index contributed by atoms with van der Waals surface area (Å²) in [5, 5.41) is 0. The van der Waals surface area contributed by atoms with Crippen LogP contribution in [0.1, 0.15) is 32.6 Å². The monoisotopic (exact) mass is 282 g/mol. The van der Waals surface area contributed by atoms with Crippen LogP contribution >= 0.6 is 0 Å². The van der Waals surface area contributed by atoms with E-state index in [0.29, 0.717) is 11.6 Å². The lowest BCUT2D eigenvalue weighted by molar-refractivity contribution is 0.213. The third-order valence-corrected chi connectivity index (χ3v) is 5.95. The molecule has 1 aromatic carbocycles. The molecule has 2 rings (SSSR count). The minimum atomic E-state index is -3.44. The van der Waals surface area contributed by atoms with Crippen molar-refractivity contribution in [3.05, 3.63) is 24.3 Å². The molecule has 5 heteroatoms. The fraction of sp³-hybridized carbons (Fsp3) is 0.571. The number of hydrogen-bond acceptors (Lipinski definition) is 3. The first-order valence-corrected chi connectivity index (χ1v) is 8.20. The summed E-state index contributed by atoms with van der Waals surface area (Å²) in [7, 11) is -1.76. The molecular weight excluding hydrogens is 260 g/mol. The highest BCUT2D eigenvalue weighted by Gasteiger charge is 2.32. The van der Waals surface area contributed by atoms with E-state index in [1.165, 1.54) is 16.8 Å². The average Bonchev–Trinajstić information content (AvgIpc) is 2.38. The van der Waals surface area contributed by atoms with Gasteiger partial charge in [-0.05, 0) is 37.0 Å². The van der Waals surface area contributed by atoms with E-state index in [-0.39, 0.29) is 10.9 Å². The van der Waals surface area contributed by atoms with E-state index < -0.39 is 10.0 Å². The Labute approximate surface area is 115 Å². The highest BCUT2D eigenvalue weighted by molar-refractivity contribution is 7.89. The molecule has 0 saturated heterocycles. The van der Waals surface area contributed by atoms with Crippen LogP contribution in [0.2, 0.25) is 0 Å². The van der Waals surface area contributed by atoms with E-state index in [1.54, 1.807) is 25.2 Å². The summed E-state index contributed by atoms with van der Waals surface area (Å²) in [4.78, 5) is 0.285. The summed E-state index contributed by atoms with van der Waals surface area (Å²) < 4.78 is 26.7. The topological polar surface area (TPSA) is 63.4 Å². The maximum absolute atomic E-state index is 12.6. The Morgan fingerprint density at radius 3 is 2.58 bits per heavy atom. The van der Waals surface area contributed by atoms with Gasteiger partial charge in [-0.1, -0.05) is 25.8 Å². The summed E-state index contributed by atoms with van der Waals surface area (Å²) in [6, 6.07) is 6.61. The first-order chi connectivity index (χ1) is 8.93. The Morgan fingerprint density at radius 2 is 1.95 bits per heavy atom. The molecule has 106 valence electrons. The van der Waals surface area contributed by atoms with Crippen molar-refractivity contribution < 1.29 is 8.42 Å². The number of nitrogens with zero attached hydrogens (tertiary/aromatic N) is 1. The van der Waals surface area contributed by atoms with Gasteiger partial charge in [0.25, 0.3) is 0 Å². The summed E-state index contributed by atoms with van der Waals surface area (Å²) in [5.74, 6) is 0.412. The number of hydrogen-bond donors (Lipinski definition) is 1. The van der Waals surface area contributed by atoms with Crippen molar-refractivity contribution in [3.63, 3.8) is 0 Å². The van der Waals surface area contributed by atoms with E-state index >= 15 is 0 Å². The minimum Gasteiger partial charge on any atom is -0.399 e. The maximum atomic E-state index is 12.6. The lowest BCUT2D eigenvalue weighted by Crippen LogP contribution is -2.42. The summed E-state index contributed by atoms with van der Waals surface area (Å²) in [5.41, 5.74) is 6.16. The van der Waals surface area contributed by atoms with Crippen molar-refractivity contribution in [2.75, 3.05) is 12.8 Å². The molecule has 0 aromatic heterocycles. The molecule has 0 spiro atoms. The van der Waals surface area contributed by atoms with Gasteiger partial charge in [-0.25, -0.2) is 8.42 Å². The quantitative estimate of drug-likeness (QED) is 0.866. The van der Waals surface area contributed by atoms with Gasteiger partial charge < -0.3 is 5.73 Å². The Hall–Kier alpha value is -1.07. The van der Waals surface area contributed by atoms with Crippen molar-refractivity contribution in [2.45, 2.75) is 43.5 Å². The molecule has 1 aliphatic rings. The van der Waals surface area contributed by atoms with E-state index in [9.17, 15) is 8.42 Å². The molecule has 1 aromatic rings. The SMILES string of the molecule is CC1CCCCC1N(C)S(=O)(=O)c1cccc(N)c1. The van der Waals surface area contributed by atoms with Crippen molar-refractivity contribution >= 4 is 15.7 Å². The first-order valence-electron chi connectivity index (χ1n) is 6.76. The Kier molecular flexibility index (Phi) is 4.16. The largest absolute Gasteiger partial charge is 0.399 e. The van der Waals surface area contributed by atoms with Crippen LogP contribution < -0.4 is 5.73 Å². The maximum Gasteiger partial charge on any atom is 0.243 e. The molecule has 0 amide bonds. The van der Waals surface area contributed by atoms with Gasteiger partial charge in [0.2, 0.25) is 10.0 Å². The first kappa shape index (κ1) is 14.3. The molecule has 2 atom stereocenters. The fourth-order valence-corrected chi connectivity index (χ4v) is 4.39. The Balaban J connectivity index is 2.28. The van der Waals surface area contributed by atoms with Gasteiger partial charge >= 0.3 is 0 Å². The summed E-state index contributed by atoms with van der Waals surface area (Å²) in [6.45, 7) is 2.13. The van der Waals surface area contributed by atoms with E-state index in [2.05, 4.69) is 6.92 Å². The van der Waals surface area contributed by atoms with Crippen LogP contribution in [0, 0.1) is 5.92 Å². The van der Waals surface area contributed by atoms with Gasteiger partial charge in [-0.15, -0.1) is 0 Å². The van der Waals surface area contributed by atoms with Gasteiger partial charge in [0, 0.05) is 18.8 Å². The van der Waals surface area contributed by atoms with Crippen molar-refractivity contribution in [1.82, 2.24) is 4.31 Å². The smallest absolute Gasteiger partial charge is 0.243 e. The average molecular weight is 282 g/mol. The van der Waals surface area contributed by atoms with E-state index in [1.807, 2.05) is 0 Å².